The van der Waals surface area contributed by atoms with Crippen molar-refractivity contribution in [3.05, 3.63) is 28.8 Å². The van der Waals surface area contributed by atoms with Crippen LogP contribution in [0.1, 0.15) is 23.0 Å². The van der Waals surface area contributed by atoms with Gasteiger partial charge < -0.3 is 14.2 Å². The predicted molar refractivity (Wildman–Crippen MR) is 85.5 cm³/mol. The summed E-state index contributed by atoms with van der Waals surface area (Å²) in [5, 5.41) is 5.17. The first-order valence-corrected chi connectivity index (χ1v) is 7.59. The van der Waals surface area contributed by atoms with E-state index in [2.05, 4.69) is 10.3 Å². The molecule has 118 valence electrons. The molecule has 0 bridgehead atoms. The van der Waals surface area contributed by atoms with E-state index in [1.54, 1.807) is 12.1 Å². The SMILES string of the molecule is CCOc1c(OC)cc(C(=O)Nc2nc(C)cs2)cc1OC. The van der Waals surface area contributed by atoms with E-state index < -0.39 is 0 Å². The van der Waals surface area contributed by atoms with E-state index in [1.165, 1.54) is 25.6 Å². The molecule has 0 unspecified atom stereocenters. The highest BCUT2D eigenvalue weighted by atomic mass is 32.1. The Hall–Kier alpha value is -2.28. The molecule has 0 aliphatic carbocycles. The molecule has 0 radical (unpaired) electrons. The lowest BCUT2D eigenvalue weighted by molar-refractivity contribution is 0.102. The normalized spacial score (nSPS) is 10.2. The molecule has 0 atom stereocenters. The maximum atomic E-state index is 12.3. The number of benzene rings is 1. The van der Waals surface area contributed by atoms with Crippen LogP contribution in [-0.2, 0) is 0 Å². The van der Waals surface area contributed by atoms with Crippen LogP contribution in [0.3, 0.4) is 0 Å². The average Bonchev–Trinajstić information content (AvgIpc) is 2.92. The predicted octanol–water partition coefficient (Wildman–Crippen LogP) is 3.12. The molecular weight excluding hydrogens is 304 g/mol. The van der Waals surface area contributed by atoms with Crippen LogP contribution < -0.4 is 19.5 Å². The second-order valence-corrected chi connectivity index (χ2v) is 5.25. The number of hydrogen-bond acceptors (Lipinski definition) is 6. The molecule has 0 saturated heterocycles. The zero-order chi connectivity index (χ0) is 16.1. The van der Waals surface area contributed by atoms with Gasteiger partial charge in [-0.1, -0.05) is 0 Å². The minimum absolute atomic E-state index is 0.283. The maximum absolute atomic E-state index is 12.3. The lowest BCUT2D eigenvalue weighted by Gasteiger charge is -2.15. The fourth-order valence-corrected chi connectivity index (χ4v) is 2.56. The first-order valence-electron chi connectivity index (χ1n) is 6.71. The molecule has 1 aromatic carbocycles. The van der Waals surface area contributed by atoms with Crippen molar-refractivity contribution < 1.29 is 19.0 Å². The monoisotopic (exact) mass is 322 g/mol. The zero-order valence-corrected chi connectivity index (χ0v) is 13.7. The molecule has 1 aromatic heterocycles. The van der Waals surface area contributed by atoms with Gasteiger partial charge in [0.15, 0.2) is 16.6 Å². The Morgan fingerprint density at radius 1 is 1.27 bits per heavy atom. The number of methoxy groups -OCH3 is 2. The van der Waals surface area contributed by atoms with Crippen molar-refractivity contribution in [2.75, 3.05) is 26.1 Å². The topological polar surface area (TPSA) is 69.7 Å². The third-order valence-electron chi connectivity index (χ3n) is 2.85. The number of rotatable bonds is 6. The number of hydrogen-bond donors (Lipinski definition) is 1. The molecule has 0 aliphatic rings. The molecular formula is C15H18N2O4S. The van der Waals surface area contributed by atoms with Crippen LogP contribution in [-0.4, -0.2) is 31.7 Å². The molecule has 0 fully saturated rings. The number of thiazole rings is 1. The molecule has 0 aliphatic heterocycles. The number of carbonyl (C=O) groups excluding carboxylic acids is 1. The van der Waals surface area contributed by atoms with Gasteiger partial charge in [0, 0.05) is 10.9 Å². The Balaban J connectivity index is 2.32. The molecule has 2 aromatic rings. The number of aromatic nitrogens is 1. The highest BCUT2D eigenvalue weighted by Gasteiger charge is 2.18. The van der Waals surface area contributed by atoms with Gasteiger partial charge in [0.25, 0.3) is 5.91 Å². The van der Waals surface area contributed by atoms with E-state index in [-0.39, 0.29) is 5.91 Å². The first-order chi connectivity index (χ1) is 10.6. The molecule has 2 rings (SSSR count). The second-order valence-electron chi connectivity index (χ2n) is 4.39. The average molecular weight is 322 g/mol. The highest BCUT2D eigenvalue weighted by Crippen LogP contribution is 2.38. The summed E-state index contributed by atoms with van der Waals surface area (Å²) < 4.78 is 16.1. The van der Waals surface area contributed by atoms with E-state index in [9.17, 15) is 4.79 Å². The smallest absolute Gasteiger partial charge is 0.257 e. The maximum Gasteiger partial charge on any atom is 0.257 e. The van der Waals surface area contributed by atoms with Crippen molar-refractivity contribution in [3.8, 4) is 17.2 Å². The van der Waals surface area contributed by atoms with Crippen LogP contribution >= 0.6 is 11.3 Å². The molecule has 1 amide bonds. The number of anilines is 1. The van der Waals surface area contributed by atoms with Crippen LogP contribution in [0.25, 0.3) is 0 Å². The molecule has 1 heterocycles. The van der Waals surface area contributed by atoms with Gasteiger partial charge >= 0.3 is 0 Å². The quantitative estimate of drug-likeness (QED) is 0.885. The van der Waals surface area contributed by atoms with Crippen LogP contribution in [0.5, 0.6) is 17.2 Å². The largest absolute Gasteiger partial charge is 0.493 e. The molecule has 1 N–H and O–H groups in total. The third-order valence-corrected chi connectivity index (χ3v) is 3.73. The van der Waals surface area contributed by atoms with E-state index in [0.29, 0.717) is 34.6 Å². The number of nitrogens with zero attached hydrogens (tertiary/aromatic N) is 1. The highest BCUT2D eigenvalue weighted by molar-refractivity contribution is 7.13. The van der Waals surface area contributed by atoms with Gasteiger partial charge in [0.2, 0.25) is 5.75 Å². The van der Waals surface area contributed by atoms with E-state index in [0.717, 1.165) is 5.69 Å². The zero-order valence-electron chi connectivity index (χ0n) is 12.9. The lowest BCUT2D eigenvalue weighted by atomic mass is 10.1. The van der Waals surface area contributed by atoms with Gasteiger partial charge in [-0.05, 0) is 26.0 Å². The van der Waals surface area contributed by atoms with Gasteiger partial charge in [-0.15, -0.1) is 11.3 Å². The summed E-state index contributed by atoms with van der Waals surface area (Å²) in [7, 11) is 3.03. The molecule has 6 nitrogen and oxygen atoms in total. The Morgan fingerprint density at radius 3 is 2.36 bits per heavy atom. The second kappa shape index (κ2) is 7.13. The minimum Gasteiger partial charge on any atom is -0.493 e. The van der Waals surface area contributed by atoms with Gasteiger partial charge in [0.05, 0.1) is 26.5 Å². The van der Waals surface area contributed by atoms with E-state index in [4.69, 9.17) is 14.2 Å². The van der Waals surface area contributed by atoms with E-state index in [1.807, 2.05) is 19.2 Å². The Labute approximate surface area is 133 Å². The summed E-state index contributed by atoms with van der Waals surface area (Å²) >= 11 is 1.37. The number of ether oxygens (including phenoxy) is 3. The summed E-state index contributed by atoms with van der Waals surface area (Å²) in [6, 6.07) is 3.23. The van der Waals surface area contributed by atoms with Crippen molar-refractivity contribution in [2.24, 2.45) is 0 Å². The Kier molecular flexibility index (Phi) is 5.21. The summed E-state index contributed by atoms with van der Waals surface area (Å²) in [6.45, 7) is 4.20. The van der Waals surface area contributed by atoms with Crippen molar-refractivity contribution in [1.82, 2.24) is 4.98 Å². The van der Waals surface area contributed by atoms with Gasteiger partial charge in [-0.3, -0.25) is 10.1 Å². The Bertz CT molecular complexity index is 644. The van der Waals surface area contributed by atoms with Gasteiger partial charge in [-0.25, -0.2) is 4.98 Å². The number of amides is 1. The van der Waals surface area contributed by atoms with Crippen molar-refractivity contribution in [1.29, 1.82) is 0 Å². The van der Waals surface area contributed by atoms with Gasteiger partial charge in [-0.2, -0.15) is 0 Å². The Morgan fingerprint density at radius 2 is 1.91 bits per heavy atom. The lowest BCUT2D eigenvalue weighted by Crippen LogP contribution is -2.12. The fraction of sp³-hybridized carbons (Fsp3) is 0.333. The first kappa shape index (κ1) is 16.1. The van der Waals surface area contributed by atoms with Crippen molar-refractivity contribution in [3.63, 3.8) is 0 Å². The van der Waals surface area contributed by atoms with Crippen LogP contribution in [0, 0.1) is 6.92 Å². The molecule has 0 spiro atoms. The fourth-order valence-electron chi connectivity index (χ4n) is 1.88. The van der Waals surface area contributed by atoms with E-state index >= 15 is 0 Å². The van der Waals surface area contributed by atoms with Crippen molar-refractivity contribution in [2.45, 2.75) is 13.8 Å². The minimum atomic E-state index is -0.283. The number of carbonyl (C=O) groups is 1. The summed E-state index contributed by atoms with van der Waals surface area (Å²) in [6.07, 6.45) is 0. The molecule has 0 saturated carbocycles. The van der Waals surface area contributed by atoms with Crippen molar-refractivity contribution >= 4 is 22.4 Å². The van der Waals surface area contributed by atoms with Crippen LogP contribution in [0.4, 0.5) is 5.13 Å². The number of aryl methyl sites for hydroxylation is 1. The van der Waals surface area contributed by atoms with Crippen LogP contribution in [0.2, 0.25) is 0 Å². The number of nitrogens with one attached hydrogen (secondary N) is 1. The van der Waals surface area contributed by atoms with Crippen LogP contribution in [0.15, 0.2) is 17.5 Å². The third kappa shape index (κ3) is 3.48. The van der Waals surface area contributed by atoms with Gasteiger partial charge in [0.1, 0.15) is 0 Å². The molecule has 22 heavy (non-hydrogen) atoms. The standard InChI is InChI=1S/C15H18N2O4S/c1-5-21-13-11(19-3)6-10(7-12(13)20-4)14(18)17-15-16-9(2)8-22-15/h6-8H,5H2,1-4H3,(H,16,17,18). The summed E-state index contributed by atoms with van der Waals surface area (Å²) in [5.41, 5.74) is 1.27. The summed E-state index contributed by atoms with van der Waals surface area (Å²) in [4.78, 5) is 16.5. The summed E-state index contributed by atoms with van der Waals surface area (Å²) in [5.74, 6) is 1.09. The molecule has 7 heteroatoms.